The van der Waals surface area contributed by atoms with E-state index in [-0.39, 0.29) is 16.6 Å². The molecule has 0 unspecified atom stereocenters. The van der Waals surface area contributed by atoms with Crippen molar-refractivity contribution in [2.24, 2.45) is 5.41 Å². The topological polar surface area (TPSA) is 81.0 Å². The summed E-state index contributed by atoms with van der Waals surface area (Å²) >= 11 is 0. The van der Waals surface area contributed by atoms with E-state index in [4.69, 9.17) is 4.42 Å². The van der Waals surface area contributed by atoms with Crippen LogP contribution in [-0.4, -0.2) is 13.1 Å². The Morgan fingerprint density at radius 1 is 1.13 bits per heavy atom. The smallest absolute Gasteiger partial charge is 0.343 e. The van der Waals surface area contributed by atoms with Gasteiger partial charge in [-0.2, -0.15) is 10.5 Å². The van der Waals surface area contributed by atoms with Gasteiger partial charge in [0.2, 0.25) is 0 Å². The highest BCUT2D eigenvalue weighted by Crippen LogP contribution is 2.39. The van der Waals surface area contributed by atoms with E-state index in [2.05, 4.69) is 32.6 Å². The van der Waals surface area contributed by atoms with E-state index in [0.717, 1.165) is 41.7 Å². The van der Waals surface area contributed by atoms with Gasteiger partial charge in [0.05, 0.1) is 5.56 Å². The Hall–Kier alpha value is -3.57. The molecule has 0 aliphatic heterocycles. The number of hydrogen-bond donors (Lipinski definition) is 0. The molecule has 31 heavy (non-hydrogen) atoms. The molecule has 5 nitrogen and oxygen atoms in total. The molecule has 1 aromatic heterocycles. The molecule has 1 aromatic carbocycles. The zero-order valence-corrected chi connectivity index (χ0v) is 18.5. The van der Waals surface area contributed by atoms with Gasteiger partial charge in [0.15, 0.2) is 0 Å². The van der Waals surface area contributed by atoms with Crippen LogP contribution in [0.3, 0.4) is 0 Å². The molecule has 0 N–H and O–H groups in total. The Morgan fingerprint density at radius 2 is 1.84 bits per heavy atom. The maximum atomic E-state index is 12.6. The van der Waals surface area contributed by atoms with Crippen LogP contribution in [0.1, 0.15) is 46.1 Å². The highest BCUT2D eigenvalue weighted by atomic mass is 16.4. The minimum Gasteiger partial charge on any atom is -0.422 e. The molecule has 0 radical (unpaired) electrons. The highest BCUT2D eigenvalue weighted by Gasteiger charge is 2.26. The lowest BCUT2D eigenvalue weighted by Crippen LogP contribution is -2.21. The Bertz CT molecular complexity index is 1210. The largest absolute Gasteiger partial charge is 0.422 e. The predicted molar refractivity (Wildman–Crippen MR) is 124 cm³/mol. The summed E-state index contributed by atoms with van der Waals surface area (Å²) in [6.45, 7) is 10.2. The molecular formula is C26H27N3O2. The molecule has 0 bridgehead atoms. The van der Waals surface area contributed by atoms with Crippen LogP contribution in [0.5, 0.6) is 0 Å². The molecule has 2 aromatic rings. The van der Waals surface area contributed by atoms with E-state index in [0.29, 0.717) is 17.6 Å². The number of rotatable bonds is 5. The normalized spacial score (nSPS) is 15.4. The first-order chi connectivity index (χ1) is 14.8. The summed E-state index contributed by atoms with van der Waals surface area (Å²) in [4.78, 5) is 14.8. The molecule has 0 atom stereocenters. The molecule has 0 amide bonds. The van der Waals surface area contributed by atoms with Crippen molar-refractivity contribution in [3.63, 3.8) is 0 Å². The SMILES string of the molecule is CCN(CC)c1ccc2cc(/C=C/C3=CC(=C(C#N)C#N)CC(C)(C)C3)c(=O)oc2c1. The molecule has 5 heteroatoms. The fourth-order valence-corrected chi connectivity index (χ4v) is 4.11. The van der Waals surface area contributed by atoms with Crippen LogP contribution in [-0.2, 0) is 0 Å². The van der Waals surface area contributed by atoms with E-state index in [9.17, 15) is 15.3 Å². The van der Waals surface area contributed by atoms with Gasteiger partial charge >= 0.3 is 5.63 Å². The van der Waals surface area contributed by atoms with Crippen LogP contribution in [0.25, 0.3) is 17.0 Å². The molecule has 0 spiro atoms. The molecule has 0 saturated heterocycles. The fraction of sp³-hybridized carbons (Fsp3) is 0.346. The van der Waals surface area contributed by atoms with E-state index in [1.165, 1.54) is 0 Å². The summed E-state index contributed by atoms with van der Waals surface area (Å²) in [5, 5.41) is 19.3. The van der Waals surface area contributed by atoms with Gasteiger partial charge in [-0.25, -0.2) is 4.79 Å². The van der Waals surface area contributed by atoms with Crippen molar-refractivity contribution in [3.8, 4) is 12.1 Å². The summed E-state index contributed by atoms with van der Waals surface area (Å²) in [6, 6.07) is 11.7. The van der Waals surface area contributed by atoms with Crippen LogP contribution in [0, 0.1) is 28.1 Å². The fourth-order valence-electron chi connectivity index (χ4n) is 4.11. The first-order valence-electron chi connectivity index (χ1n) is 10.5. The minimum absolute atomic E-state index is 0.0718. The maximum Gasteiger partial charge on any atom is 0.343 e. The average Bonchev–Trinajstić information content (AvgIpc) is 2.73. The Morgan fingerprint density at radius 3 is 2.48 bits per heavy atom. The number of benzene rings is 1. The molecule has 3 rings (SSSR count). The van der Waals surface area contributed by atoms with Gasteiger partial charge in [-0.1, -0.05) is 26.0 Å². The van der Waals surface area contributed by atoms with Crippen molar-refractivity contribution in [1.29, 1.82) is 10.5 Å². The Labute approximate surface area is 183 Å². The third-order valence-electron chi connectivity index (χ3n) is 5.61. The van der Waals surface area contributed by atoms with Crippen molar-refractivity contribution in [2.45, 2.75) is 40.5 Å². The average molecular weight is 414 g/mol. The maximum absolute atomic E-state index is 12.6. The van der Waals surface area contributed by atoms with Crippen LogP contribution in [0.15, 0.2) is 62.3 Å². The quantitative estimate of drug-likeness (QED) is 0.461. The lowest BCUT2D eigenvalue weighted by atomic mass is 9.74. The van der Waals surface area contributed by atoms with Crippen LogP contribution >= 0.6 is 0 Å². The number of nitrogens with zero attached hydrogens (tertiary/aromatic N) is 3. The number of fused-ring (bicyclic) bond motifs is 1. The van der Waals surface area contributed by atoms with Crippen LogP contribution in [0.2, 0.25) is 0 Å². The third-order valence-corrected chi connectivity index (χ3v) is 5.61. The lowest BCUT2D eigenvalue weighted by molar-refractivity contribution is 0.354. The second kappa shape index (κ2) is 9.06. The van der Waals surface area contributed by atoms with Crippen molar-refractivity contribution in [3.05, 3.63) is 69.1 Å². The standard InChI is InChI=1S/C26H27N3O2/c1-5-29(6-2)23-10-9-19-12-20(25(30)31-24(19)13-23)8-7-18-11-21(22(16-27)17-28)15-26(3,4)14-18/h7-13H,5-6,14-15H2,1-4H3/b8-7+. The first kappa shape index (κ1) is 22.1. The summed E-state index contributed by atoms with van der Waals surface area (Å²) < 4.78 is 5.60. The van der Waals surface area contributed by atoms with Crippen molar-refractivity contribution in [2.75, 3.05) is 18.0 Å². The third kappa shape index (κ3) is 4.95. The monoisotopic (exact) mass is 413 g/mol. The molecule has 158 valence electrons. The van der Waals surface area contributed by atoms with Gasteiger partial charge in [0.25, 0.3) is 0 Å². The minimum atomic E-state index is -0.387. The number of hydrogen-bond acceptors (Lipinski definition) is 5. The van der Waals surface area contributed by atoms with E-state index < -0.39 is 0 Å². The van der Waals surface area contributed by atoms with Crippen molar-refractivity contribution < 1.29 is 4.42 Å². The molecular weight excluding hydrogens is 386 g/mol. The second-order valence-corrected chi connectivity index (χ2v) is 8.58. The van der Waals surface area contributed by atoms with Gasteiger partial charge in [0.1, 0.15) is 23.3 Å². The number of allylic oxidation sites excluding steroid dienone is 5. The molecule has 1 aliphatic rings. The van der Waals surface area contributed by atoms with Crippen molar-refractivity contribution in [1.82, 2.24) is 0 Å². The summed E-state index contributed by atoms with van der Waals surface area (Å²) in [7, 11) is 0. The van der Waals surface area contributed by atoms with E-state index in [1.807, 2.05) is 48.6 Å². The number of nitriles is 2. The molecule has 1 heterocycles. The van der Waals surface area contributed by atoms with Gasteiger partial charge in [-0.15, -0.1) is 0 Å². The summed E-state index contributed by atoms with van der Waals surface area (Å²) in [6.07, 6.45) is 7.00. The van der Waals surface area contributed by atoms with E-state index in [1.54, 1.807) is 6.08 Å². The molecule has 1 aliphatic carbocycles. The van der Waals surface area contributed by atoms with Gasteiger partial charge in [-0.3, -0.25) is 0 Å². The second-order valence-electron chi connectivity index (χ2n) is 8.58. The first-order valence-corrected chi connectivity index (χ1v) is 10.5. The Kier molecular flexibility index (Phi) is 6.47. The summed E-state index contributed by atoms with van der Waals surface area (Å²) in [5.74, 6) is 0. The van der Waals surface area contributed by atoms with Crippen molar-refractivity contribution >= 4 is 22.7 Å². The molecule has 0 fully saturated rings. The molecule has 0 saturated carbocycles. The van der Waals surface area contributed by atoms with Gasteiger partial charge in [-0.05, 0) is 67.5 Å². The predicted octanol–water partition coefficient (Wildman–Crippen LogP) is 5.74. The number of anilines is 1. The van der Waals surface area contributed by atoms with E-state index >= 15 is 0 Å². The van der Waals surface area contributed by atoms with Gasteiger partial charge in [0, 0.05) is 30.2 Å². The summed E-state index contributed by atoms with van der Waals surface area (Å²) in [5.41, 5.74) is 3.48. The van der Waals surface area contributed by atoms with Crippen LogP contribution < -0.4 is 10.5 Å². The zero-order chi connectivity index (χ0) is 22.6. The van der Waals surface area contributed by atoms with Crippen LogP contribution in [0.4, 0.5) is 5.69 Å². The highest BCUT2D eigenvalue weighted by molar-refractivity contribution is 5.82. The van der Waals surface area contributed by atoms with Gasteiger partial charge < -0.3 is 9.32 Å². The lowest BCUT2D eigenvalue weighted by Gasteiger charge is -2.30. The Balaban J connectivity index is 1.97. The zero-order valence-electron chi connectivity index (χ0n) is 18.5.